The largest absolute Gasteiger partial charge is 0.412 e. The predicted octanol–water partition coefficient (Wildman–Crippen LogP) is 10.3. The SMILES string of the molecule is CCCC(=O)c1ccc(Nc2cc(C)[nH]c3ccc4ncnc4c23)cc1.CCCC(=O)c1ccc(Nc2cc(C)[nH]c3ccc4ncnc4c23)cc1.Cl.Cl.O. The van der Waals surface area contributed by atoms with Crippen LogP contribution in [0.5, 0.6) is 0 Å². The molecule has 0 saturated heterocycles. The number of H-pyrrole nitrogens is 2. The van der Waals surface area contributed by atoms with E-state index in [-0.39, 0.29) is 41.9 Å². The molecule has 0 atom stereocenters. The molecule has 13 heteroatoms. The van der Waals surface area contributed by atoms with Gasteiger partial charge in [-0.1, -0.05) is 13.8 Å². The number of benzene rings is 4. The molecule has 0 aliphatic carbocycles. The van der Waals surface area contributed by atoms with Gasteiger partial charge in [0, 0.05) is 68.5 Å². The van der Waals surface area contributed by atoms with Crippen LogP contribution in [-0.4, -0.2) is 46.9 Å². The van der Waals surface area contributed by atoms with E-state index in [1.807, 2.05) is 100 Å². The van der Waals surface area contributed by atoms with Crippen LogP contribution in [0.2, 0.25) is 0 Å². The second-order valence-electron chi connectivity index (χ2n) is 12.9. The average Bonchev–Trinajstić information content (AvgIpc) is 3.83. The van der Waals surface area contributed by atoms with Crippen LogP contribution >= 0.6 is 24.8 Å². The first-order chi connectivity index (χ1) is 25.3. The summed E-state index contributed by atoms with van der Waals surface area (Å²) in [6, 6.07) is 27.4. The Bertz CT molecular complexity index is 2390. The van der Waals surface area contributed by atoms with Crippen LogP contribution in [-0.2, 0) is 0 Å². The third-order valence-electron chi connectivity index (χ3n) is 8.93. The Morgan fingerprint density at radius 3 is 1.31 bits per heavy atom. The van der Waals surface area contributed by atoms with E-state index in [1.54, 1.807) is 12.7 Å². The third kappa shape index (κ3) is 9.09. The Balaban J connectivity index is 0.000000232. The molecular formula is C42H44Cl2N8O3. The number of aromatic amines is 2. The average molecular weight is 780 g/mol. The first-order valence-electron chi connectivity index (χ1n) is 17.6. The van der Waals surface area contributed by atoms with Crippen molar-refractivity contribution in [2.45, 2.75) is 53.4 Å². The number of hydrogen-bond donors (Lipinski definition) is 4. The Morgan fingerprint density at radius 2 is 0.945 bits per heavy atom. The Kier molecular flexibility index (Phi) is 14.0. The van der Waals surface area contributed by atoms with Gasteiger partial charge in [-0.05, 0) is 112 Å². The Labute approximate surface area is 330 Å². The fraction of sp³-hybridized carbons (Fsp3) is 0.190. The normalized spacial score (nSPS) is 10.5. The lowest BCUT2D eigenvalue weighted by Crippen LogP contribution is -1.99. The summed E-state index contributed by atoms with van der Waals surface area (Å²) in [4.78, 5) is 48.2. The molecule has 11 nitrogen and oxygen atoms in total. The zero-order chi connectivity index (χ0) is 36.2. The van der Waals surface area contributed by atoms with Crippen LogP contribution in [0.25, 0.3) is 43.9 Å². The number of nitrogens with one attached hydrogen (secondary N) is 4. The Hall–Kier alpha value is -5.88. The molecule has 8 rings (SSSR count). The minimum atomic E-state index is 0. The van der Waals surface area contributed by atoms with E-state index in [4.69, 9.17) is 0 Å². The number of anilines is 4. The fourth-order valence-corrected chi connectivity index (χ4v) is 6.49. The predicted molar refractivity (Wildman–Crippen MR) is 228 cm³/mol. The minimum Gasteiger partial charge on any atom is -0.412 e. The molecule has 55 heavy (non-hydrogen) atoms. The van der Waals surface area contributed by atoms with Crippen LogP contribution in [0.1, 0.15) is 71.6 Å². The second-order valence-corrected chi connectivity index (χ2v) is 12.9. The van der Waals surface area contributed by atoms with Gasteiger partial charge in [0.1, 0.15) is 23.7 Å². The zero-order valence-corrected chi connectivity index (χ0v) is 32.6. The summed E-state index contributed by atoms with van der Waals surface area (Å²) in [6.07, 6.45) is 6.06. The zero-order valence-electron chi connectivity index (χ0n) is 31.0. The summed E-state index contributed by atoms with van der Waals surface area (Å²) < 4.78 is 0. The molecule has 0 radical (unpaired) electrons. The van der Waals surface area contributed by atoms with Crippen molar-refractivity contribution in [3.8, 4) is 0 Å². The number of carbonyl (C=O) groups excluding carboxylic acids is 2. The maximum absolute atomic E-state index is 12.0. The van der Waals surface area contributed by atoms with Crippen molar-refractivity contribution in [3.63, 3.8) is 0 Å². The summed E-state index contributed by atoms with van der Waals surface area (Å²) in [7, 11) is 0. The van der Waals surface area contributed by atoms with Gasteiger partial charge in [0.05, 0.1) is 22.4 Å². The molecule has 4 aromatic heterocycles. The van der Waals surface area contributed by atoms with E-state index in [1.165, 1.54) is 0 Å². The van der Waals surface area contributed by atoms with Crippen molar-refractivity contribution < 1.29 is 15.1 Å². The molecule has 8 aromatic rings. The number of fused-ring (bicyclic) bond motifs is 6. The summed E-state index contributed by atoms with van der Waals surface area (Å²) >= 11 is 0. The van der Waals surface area contributed by atoms with Gasteiger partial charge < -0.3 is 26.1 Å². The summed E-state index contributed by atoms with van der Waals surface area (Å²) in [6.45, 7) is 8.08. The number of aryl methyl sites for hydroxylation is 2. The van der Waals surface area contributed by atoms with Crippen molar-refractivity contribution in [2.75, 3.05) is 10.6 Å². The quantitative estimate of drug-likeness (QED) is 0.0993. The molecule has 0 fully saturated rings. The lowest BCUT2D eigenvalue weighted by Gasteiger charge is -2.12. The molecule has 0 bridgehead atoms. The first-order valence-corrected chi connectivity index (χ1v) is 17.6. The molecule has 0 amide bonds. The monoisotopic (exact) mass is 778 g/mol. The minimum absolute atomic E-state index is 0. The highest BCUT2D eigenvalue weighted by molar-refractivity contribution is 6.11. The molecular weight excluding hydrogens is 735 g/mol. The van der Waals surface area contributed by atoms with Gasteiger partial charge in [-0.15, -0.1) is 24.8 Å². The number of hydrogen-bond acceptors (Lipinski definition) is 8. The number of Topliss-reactive ketones (excluding diaryl/α,β-unsaturated/α-hetero) is 2. The second kappa shape index (κ2) is 18.4. The molecule has 4 aromatic carbocycles. The lowest BCUT2D eigenvalue weighted by atomic mass is 10.1. The number of carbonyl (C=O) groups is 2. The fourth-order valence-electron chi connectivity index (χ4n) is 6.49. The first kappa shape index (κ1) is 41.9. The Morgan fingerprint density at radius 1 is 0.564 bits per heavy atom. The van der Waals surface area contributed by atoms with Crippen LogP contribution in [0.15, 0.2) is 97.6 Å². The van der Waals surface area contributed by atoms with E-state index in [9.17, 15) is 9.59 Å². The van der Waals surface area contributed by atoms with E-state index in [2.05, 4.69) is 52.7 Å². The molecule has 0 saturated carbocycles. The van der Waals surface area contributed by atoms with Crippen LogP contribution in [0, 0.1) is 13.8 Å². The summed E-state index contributed by atoms with van der Waals surface area (Å²) in [5, 5.41) is 8.96. The van der Waals surface area contributed by atoms with Crippen molar-refractivity contribution in [1.82, 2.24) is 29.9 Å². The molecule has 0 aliphatic heterocycles. The van der Waals surface area contributed by atoms with Crippen molar-refractivity contribution >= 4 is 103 Å². The van der Waals surface area contributed by atoms with Gasteiger partial charge in [-0.25, -0.2) is 19.9 Å². The van der Waals surface area contributed by atoms with Crippen molar-refractivity contribution in [1.29, 1.82) is 0 Å². The molecule has 0 spiro atoms. The molecule has 0 aliphatic rings. The highest BCUT2D eigenvalue weighted by atomic mass is 35.5. The molecule has 4 heterocycles. The van der Waals surface area contributed by atoms with Gasteiger partial charge in [0.25, 0.3) is 0 Å². The highest BCUT2D eigenvalue weighted by Crippen LogP contribution is 2.33. The highest BCUT2D eigenvalue weighted by Gasteiger charge is 2.13. The number of imidazole rings is 2. The van der Waals surface area contributed by atoms with Crippen LogP contribution in [0.4, 0.5) is 22.7 Å². The van der Waals surface area contributed by atoms with Gasteiger partial charge >= 0.3 is 0 Å². The maximum atomic E-state index is 12.0. The topological polar surface area (TPSA) is 173 Å². The van der Waals surface area contributed by atoms with Gasteiger partial charge in [-0.2, -0.15) is 0 Å². The number of nitrogens with zero attached hydrogens (tertiary/aromatic N) is 4. The lowest BCUT2D eigenvalue weighted by molar-refractivity contribution is 0.0973. The third-order valence-corrected chi connectivity index (χ3v) is 8.93. The van der Waals surface area contributed by atoms with E-state index in [0.717, 1.165) is 102 Å². The van der Waals surface area contributed by atoms with Crippen LogP contribution in [0.3, 0.4) is 0 Å². The number of aromatic nitrogens is 6. The number of rotatable bonds is 10. The van der Waals surface area contributed by atoms with E-state index < -0.39 is 0 Å². The maximum Gasteiger partial charge on any atom is 0.162 e. The van der Waals surface area contributed by atoms with Crippen LogP contribution < -0.4 is 10.6 Å². The smallest absolute Gasteiger partial charge is 0.162 e. The number of halogens is 2. The summed E-state index contributed by atoms with van der Waals surface area (Å²) in [5.41, 5.74) is 12.9. The van der Waals surface area contributed by atoms with E-state index >= 15 is 0 Å². The van der Waals surface area contributed by atoms with Gasteiger partial charge in [-0.3, -0.25) is 9.59 Å². The van der Waals surface area contributed by atoms with Crippen molar-refractivity contribution in [3.05, 3.63) is 120 Å². The van der Waals surface area contributed by atoms with Gasteiger partial charge in [0.2, 0.25) is 0 Å². The molecule has 0 unspecified atom stereocenters. The number of ketones is 2. The van der Waals surface area contributed by atoms with Gasteiger partial charge in [0.15, 0.2) is 11.6 Å². The number of pyridine rings is 2. The van der Waals surface area contributed by atoms with E-state index in [0.29, 0.717) is 12.8 Å². The molecule has 6 N–H and O–H groups in total. The standard InChI is InChI=1S/2C21H20N4O.2ClH.H2O/c2*1-3-4-19(26)14-5-7-15(8-6-14)25-18-11-13(2)24-16-9-10-17-21(20(16)18)23-12-22-17;;;/h2*5-12,24-25H,3-4H2,1-2H3;2*1H;1H2. The summed E-state index contributed by atoms with van der Waals surface area (Å²) in [5.74, 6) is 0.367. The van der Waals surface area contributed by atoms with Crippen molar-refractivity contribution in [2.24, 2.45) is 0 Å². The molecule has 284 valence electrons.